The normalized spacial score (nSPS) is 14.5. The smallest absolute Gasteiger partial charge is 0.0773 e. The summed E-state index contributed by atoms with van der Waals surface area (Å²) in [5.74, 6) is 0. The van der Waals surface area contributed by atoms with Crippen molar-refractivity contribution in [3.8, 4) is 0 Å². The molecule has 0 saturated carbocycles. The lowest BCUT2D eigenvalue weighted by atomic mass is 10.1. The van der Waals surface area contributed by atoms with Gasteiger partial charge in [-0.1, -0.05) is 64.7 Å². The quantitative estimate of drug-likeness (QED) is 0.475. The van der Waals surface area contributed by atoms with Gasteiger partial charge >= 0.3 is 0 Å². The molecule has 0 aromatic heterocycles. The molecule has 2 unspecified atom stereocenters. The predicted octanol–water partition coefficient (Wildman–Crippen LogP) is 3.67. The Morgan fingerprint density at radius 3 is 1.84 bits per heavy atom. The first-order chi connectivity index (χ1) is 9.16. The maximum Gasteiger partial charge on any atom is 0.0773 e. The molecule has 0 heterocycles. The highest BCUT2D eigenvalue weighted by Gasteiger charge is 2.05. The van der Waals surface area contributed by atoms with E-state index < -0.39 is 6.10 Å². The lowest BCUT2D eigenvalue weighted by Gasteiger charge is -2.12. The molecule has 0 spiro atoms. The zero-order valence-electron chi connectivity index (χ0n) is 12.9. The number of rotatable bonds is 14. The first-order valence-corrected chi connectivity index (χ1v) is 8.10. The van der Waals surface area contributed by atoms with E-state index in [2.05, 4.69) is 6.92 Å². The van der Waals surface area contributed by atoms with Gasteiger partial charge in [0.15, 0.2) is 0 Å². The van der Waals surface area contributed by atoms with Crippen molar-refractivity contribution in [2.45, 2.75) is 90.3 Å². The summed E-state index contributed by atoms with van der Waals surface area (Å²) in [7, 11) is 0. The fourth-order valence-electron chi connectivity index (χ4n) is 2.15. The Bertz CT molecular complexity index is 171. The molecular weight excluding hydrogens is 240 g/mol. The highest BCUT2D eigenvalue weighted by Crippen LogP contribution is 2.11. The topological polar surface area (TPSA) is 49.7 Å². The fourth-order valence-corrected chi connectivity index (χ4v) is 2.15. The van der Waals surface area contributed by atoms with Crippen molar-refractivity contribution in [2.75, 3.05) is 13.2 Å². The number of hydrogen-bond donors (Lipinski definition) is 2. The van der Waals surface area contributed by atoms with E-state index in [0.29, 0.717) is 13.2 Å². The Hall–Kier alpha value is -0.120. The summed E-state index contributed by atoms with van der Waals surface area (Å²) in [5, 5.41) is 18.7. The third-order valence-electron chi connectivity index (χ3n) is 3.31. The maximum absolute atomic E-state index is 9.66. The number of aliphatic hydroxyl groups excluding tert-OH is 2. The molecule has 0 bridgehead atoms. The minimum absolute atomic E-state index is 0.314. The molecule has 2 atom stereocenters. The highest BCUT2D eigenvalue weighted by atomic mass is 16.5. The van der Waals surface area contributed by atoms with Crippen molar-refractivity contribution in [1.82, 2.24) is 0 Å². The van der Waals surface area contributed by atoms with E-state index in [1.54, 1.807) is 6.92 Å². The molecule has 3 nitrogen and oxygen atoms in total. The highest BCUT2D eigenvalue weighted by molar-refractivity contribution is 4.56. The molecular formula is C16H34O3. The van der Waals surface area contributed by atoms with E-state index in [-0.39, 0.29) is 6.10 Å². The second kappa shape index (κ2) is 14.3. The van der Waals surface area contributed by atoms with Gasteiger partial charge in [0.05, 0.1) is 25.4 Å². The molecule has 2 N–H and O–H groups in total. The first kappa shape index (κ1) is 18.9. The molecule has 0 aromatic rings. The summed E-state index contributed by atoms with van der Waals surface area (Å²) in [6.45, 7) is 4.60. The molecule has 0 saturated heterocycles. The molecule has 0 fully saturated rings. The Balaban J connectivity index is 3.12. The molecule has 0 aliphatic carbocycles. The minimum atomic E-state index is -0.445. The van der Waals surface area contributed by atoms with E-state index in [1.165, 1.54) is 51.4 Å². The average Bonchev–Trinajstić information content (AvgIpc) is 2.36. The van der Waals surface area contributed by atoms with Crippen LogP contribution in [0.2, 0.25) is 0 Å². The van der Waals surface area contributed by atoms with Crippen molar-refractivity contribution < 1.29 is 14.9 Å². The van der Waals surface area contributed by atoms with Gasteiger partial charge in [0.25, 0.3) is 0 Å². The molecule has 116 valence electrons. The number of hydrogen-bond acceptors (Lipinski definition) is 3. The zero-order chi connectivity index (χ0) is 14.3. The van der Waals surface area contributed by atoms with E-state index >= 15 is 0 Å². The molecule has 19 heavy (non-hydrogen) atoms. The van der Waals surface area contributed by atoms with Crippen LogP contribution in [0.15, 0.2) is 0 Å². The van der Waals surface area contributed by atoms with Crippen molar-refractivity contribution in [3.63, 3.8) is 0 Å². The largest absolute Gasteiger partial charge is 0.391 e. The van der Waals surface area contributed by atoms with Crippen molar-refractivity contribution in [3.05, 3.63) is 0 Å². The van der Waals surface area contributed by atoms with Crippen LogP contribution in [-0.2, 0) is 4.74 Å². The average molecular weight is 274 g/mol. The predicted molar refractivity (Wildman–Crippen MR) is 80.4 cm³/mol. The Kier molecular flexibility index (Phi) is 14.2. The summed E-state index contributed by atoms with van der Waals surface area (Å²) in [6.07, 6.45) is 11.7. The Morgan fingerprint density at radius 2 is 1.32 bits per heavy atom. The molecule has 0 aliphatic rings. The standard InChI is InChI=1S/C16H34O3/c1-3-4-5-6-7-8-9-10-11-12-16(18)14-19-13-15(2)17/h15-18H,3-14H2,1-2H3. The van der Waals surface area contributed by atoms with E-state index in [0.717, 1.165) is 12.8 Å². The number of ether oxygens (including phenoxy) is 1. The van der Waals surface area contributed by atoms with Crippen molar-refractivity contribution in [2.24, 2.45) is 0 Å². The molecule has 0 amide bonds. The zero-order valence-corrected chi connectivity index (χ0v) is 12.9. The van der Waals surface area contributed by atoms with E-state index in [4.69, 9.17) is 9.84 Å². The van der Waals surface area contributed by atoms with Gasteiger partial charge in [-0.3, -0.25) is 0 Å². The summed E-state index contributed by atoms with van der Waals surface area (Å²) >= 11 is 0. The fraction of sp³-hybridized carbons (Fsp3) is 1.00. The molecule has 0 radical (unpaired) electrons. The van der Waals surface area contributed by atoms with Crippen LogP contribution in [0.3, 0.4) is 0 Å². The van der Waals surface area contributed by atoms with Crippen LogP contribution in [0.25, 0.3) is 0 Å². The van der Waals surface area contributed by atoms with Crippen LogP contribution in [0.1, 0.15) is 78.1 Å². The van der Waals surface area contributed by atoms with Gasteiger partial charge in [-0.15, -0.1) is 0 Å². The van der Waals surface area contributed by atoms with Gasteiger partial charge in [-0.2, -0.15) is 0 Å². The lowest BCUT2D eigenvalue weighted by molar-refractivity contribution is -0.00504. The summed E-state index contributed by atoms with van der Waals surface area (Å²) in [4.78, 5) is 0. The second-order valence-corrected chi connectivity index (χ2v) is 5.66. The van der Waals surface area contributed by atoms with Crippen LogP contribution >= 0.6 is 0 Å². The second-order valence-electron chi connectivity index (χ2n) is 5.66. The maximum atomic E-state index is 9.66. The summed E-state index contributed by atoms with van der Waals surface area (Å²) < 4.78 is 5.19. The van der Waals surface area contributed by atoms with Crippen LogP contribution < -0.4 is 0 Å². The first-order valence-electron chi connectivity index (χ1n) is 8.10. The van der Waals surface area contributed by atoms with Crippen LogP contribution in [0.5, 0.6) is 0 Å². The number of unbranched alkanes of at least 4 members (excludes halogenated alkanes) is 8. The summed E-state index contributed by atoms with van der Waals surface area (Å²) in [5.41, 5.74) is 0. The van der Waals surface area contributed by atoms with Crippen LogP contribution in [-0.4, -0.2) is 35.6 Å². The van der Waals surface area contributed by atoms with Gasteiger partial charge in [-0.25, -0.2) is 0 Å². The minimum Gasteiger partial charge on any atom is -0.391 e. The number of aliphatic hydroxyl groups is 2. The van der Waals surface area contributed by atoms with Gasteiger partial charge in [0, 0.05) is 0 Å². The van der Waals surface area contributed by atoms with Crippen LogP contribution in [0, 0.1) is 0 Å². The summed E-state index contributed by atoms with van der Waals surface area (Å²) in [6, 6.07) is 0. The molecule has 0 aromatic carbocycles. The third kappa shape index (κ3) is 15.8. The molecule has 3 heteroatoms. The monoisotopic (exact) mass is 274 g/mol. The van der Waals surface area contributed by atoms with Gasteiger partial charge < -0.3 is 14.9 Å². The van der Waals surface area contributed by atoms with Crippen molar-refractivity contribution >= 4 is 0 Å². The van der Waals surface area contributed by atoms with E-state index in [1.807, 2.05) is 0 Å². The van der Waals surface area contributed by atoms with Gasteiger partial charge in [0.2, 0.25) is 0 Å². The Labute approximate surface area is 119 Å². The van der Waals surface area contributed by atoms with Crippen LogP contribution in [0.4, 0.5) is 0 Å². The SMILES string of the molecule is CCCCCCCCCCCC(O)COCC(C)O. The molecule has 0 aliphatic heterocycles. The van der Waals surface area contributed by atoms with E-state index in [9.17, 15) is 5.11 Å². The lowest BCUT2D eigenvalue weighted by Crippen LogP contribution is -2.19. The van der Waals surface area contributed by atoms with Crippen molar-refractivity contribution in [1.29, 1.82) is 0 Å². The third-order valence-corrected chi connectivity index (χ3v) is 3.31. The molecule has 0 rings (SSSR count). The van der Waals surface area contributed by atoms with Gasteiger partial charge in [-0.05, 0) is 13.3 Å². The Morgan fingerprint density at radius 1 is 0.789 bits per heavy atom. The van der Waals surface area contributed by atoms with Gasteiger partial charge in [0.1, 0.15) is 0 Å².